The van der Waals surface area contributed by atoms with Gasteiger partial charge in [-0.2, -0.15) is 0 Å². The minimum atomic E-state index is -1.75. The number of hydrogen-bond acceptors (Lipinski definition) is 16. The minimum absolute atomic E-state index is 0.537. The summed E-state index contributed by atoms with van der Waals surface area (Å²) in [5, 5.41) is 80.5. The van der Waals surface area contributed by atoms with Crippen LogP contribution in [-0.2, 0) is 42.8 Å². The summed E-state index contributed by atoms with van der Waals surface area (Å²) in [6, 6.07) is -4.03. The average Bonchev–Trinajstić information content (AvgIpc) is 2.97. The predicted molar refractivity (Wildman–Crippen MR) is 141 cm³/mol. The molecule has 10 N–H and O–H groups in total. The highest BCUT2D eigenvalue weighted by Crippen LogP contribution is 2.32. The first-order valence-electron chi connectivity index (χ1n) is 13.9. The number of hydrogen-bond donors (Lipinski definition) is 10. The van der Waals surface area contributed by atoms with Crippen LogP contribution in [0.1, 0.15) is 20.8 Å². The van der Waals surface area contributed by atoms with Gasteiger partial charge in [-0.1, -0.05) is 0 Å². The topological polar surface area (TPSA) is 284 Å². The van der Waals surface area contributed by atoms with Crippen LogP contribution >= 0.6 is 0 Å². The number of aliphatic hydroxyl groups excluding tert-OH is 7. The molecular weight excluding hydrogens is 598 g/mol. The lowest BCUT2D eigenvalue weighted by atomic mass is 9.93. The third-order valence-electron chi connectivity index (χ3n) is 7.51. The van der Waals surface area contributed by atoms with E-state index in [0.717, 1.165) is 13.8 Å². The number of amides is 3. The monoisotopic (exact) mass is 641 g/mol. The van der Waals surface area contributed by atoms with Crippen molar-refractivity contribution in [1.29, 1.82) is 0 Å². The second-order valence-electron chi connectivity index (χ2n) is 10.8. The van der Waals surface area contributed by atoms with Gasteiger partial charge in [-0.05, 0) is 0 Å². The number of ether oxygens (including phenoxy) is 6. The third-order valence-corrected chi connectivity index (χ3v) is 7.51. The fourth-order valence-electron chi connectivity index (χ4n) is 5.46. The lowest BCUT2D eigenvalue weighted by molar-refractivity contribution is -0.352. The van der Waals surface area contributed by atoms with Crippen LogP contribution in [0.3, 0.4) is 0 Å². The molecule has 44 heavy (non-hydrogen) atoms. The molecular formula is C25H43N3O16. The van der Waals surface area contributed by atoms with E-state index in [1.54, 1.807) is 0 Å². The Morgan fingerprint density at radius 2 is 0.909 bits per heavy atom. The van der Waals surface area contributed by atoms with Crippen LogP contribution in [0.4, 0.5) is 0 Å². The van der Waals surface area contributed by atoms with E-state index in [-0.39, 0.29) is 0 Å². The SMILES string of the molecule is CO[C@@H]1O[C@H](CO)[C@@H](O[C@@H]2O[C@H](CO)[C@@H](O[C@@H]3O[C@H](CO)[C@@H](O)[C@H](O)[C@H]3NC(C)=O)[C@H](O)[C@H]2NC(C)=O)[C@H](O)[C@H]1NC(C)=O. The van der Waals surface area contributed by atoms with E-state index < -0.39 is 129 Å². The van der Waals surface area contributed by atoms with Crippen molar-refractivity contribution in [3.05, 3.63) is 0 Å². The van der Waals surface area contributed by atoms with Gasteiger partial charge in [0.15, 0.2) is 18.9 Å². The number of rotatable bonds is 11. The second-order valence-corrected chi connectivity index (χ2v) is 10.8. The molecule has 3 heterocycles. The Kier molecular flexibility index (Phi) is 13.2. The molecule has 3 aliphatic heterocycles. The Morgan fingerprint density at radius 1 is 0.568 bits per heavy atom. The van der Waals surface area contributed by atoms with Crippen molar-refractivity contribution < 1.29 is 78.6 Å². The van der Waals surface area contributed by atoms with E-state index in [1.807, 2.05) is 0 Å². The molecule has 0 unspecified atom stereocenters. The van der Waals surface area contributed by atoms with Crippen molar-refractivity contribution in [3.63, 3.8) is 0 Å². The van der Waals surface area contributed by atoms with Crippen molar-refractivity contribution >= 4 is 17.7 Å². The molecule has 19 heteroatoms. The second kappa shape index (κ2) is 15.9. The highest BCUT2D eigenvalue weighted by Gasteiger charge is 2.54. The quantitative estimate of drug-likeness (QED) is 0.100. The molecule has 15 atom stereocenters. The molecule has 254 valence electrons. The number of methoxy groups -OCH3 is 1. The zero-order valence-electron chi connectivity index (χ0n) is 24.6. The number of carbonyl (C=O) groups is 3. The minimum Gasteiger partial charge on any atom is -0.394 e. The fraction of sp³-hybridized carbons (Fsp3) is 0.880. The highest BCUT2D eigenvalue weighted by molar-refractivity contribution is 5.74. The molecule has 0 aromatic rings. The van der Waals surface area contributed by atoms with Crippen molar-refractivity contribution in [2.75, 3.05) is 26.9 Å². The van der Waals surface area contributed by atoms with Gasteiger partial charge in [-0.3, -0.25) is 14.4 Å². The Balaban J connectivity index is 1.90. The molecule has 0 saturated carbocycles. The van der Waals surface area contributed by atoms with Crippen LogP contribution in [0, 0.1) is 0 Å². The maximum Gasteiger partial charge on any atom is 0.217 e. The van der Waals surface area contributed by atoms with Gasteiger partial charge in [0.25, 0.3) is 0 Å². The molecule has 3 rings (SSSR count). The zero-order valence-corrected chi connectivity index (χ0v) is 24.6. The lowest BCUT2D eigenvalue weighted by Crippen LogP contribution is -2.71. The van der Waals surface area contributed by atoms with Crippen LogP contribution in [0.15, 0.2) is 0 Å². The summed E-state index contributed by atoms with van der Waals surface area (Å²) in [5.41, 5.74) is 0. The van der Waals surface area contributed by atoms with Crippen LogP contribution in [0.25, 0.3) is 0 Å². The summed E-state index contributed by atoms with van der Waals surface area (Å²) in [5.74, 6) is -1.83. The maximum atomic E-state index is 12.2. The van der Waals surface area contributed by atoms with Crippen LogP contribution < -0.4 is 16.0 Å². The molecule has 3 aliphatic rings. The lowest BCUT2D eigenvalue weighted by Gasteiger charge is -2.50. The van der Waals surface area contributed by atoms with Crippen LogP contribution in [-0.4, -0.2) is 172 Å². The van der Waals surface area contributed by atoms with Crippen LogP contribution in [0.2, 0.25) is 0 Å². The summed E-state index contributed by atoms with van der Waals surface area (Å²) in [4.78, 5) is 35.8. The van der Waals surface area contributed by atoms with Gasteiger partial charge in [0.1, 0.15) is 73.1 Å². The van der Waals surface area contributed by atoms with E-state index in [1.165, 1.54) is 14.0 Å². The molecule has 0 radical (unpaired) electrons. The standard InChI is InChI=1S/C25H43N3O16/c1-8(32)26-14-18(36)17(35)11(5-29)40-24(14)43-22-13(7-31)42-25(16(20(22)38)28-10(3)34)44-21-12(6-30)41-23(39-4)15(19(21)37)27-9(2)33/h11-25,29-31,35-38H,5-7H2,1-4H3,(H,26,32)(H,27,33)(H,28,34)/t11-,12-,13-,14-,15-,16-,17-,18-,19-,20-,21-,22-,23-,24+,25+/m1/s1. The van der Waals surface area contributed by atoms with E-state index >= 15 is 0 Å². The molecule has 0 aromatic heterocycles. The van der Waals surface area contributed by atoms with Crippen molar-refractivity contribution in [1.82, 2.24) is 16.0 Å². The van der Waals surface area contributed by atoms with E-state index in [9.17, 15) is 50.1 Å². The molecule has 0 bridgehead atoms. The Hall–Kier alpha value is -2.11. The Labute approximate surface area is 252 Å². The number of nitrogens with one attached hydrogen (secondary N) is 3. The zero-order chi connectivity index (χ0) is 32.9. The molecule has 19 nitrogen and oxygen atoms in total. The van der Waals surface area contributed by atoms with Crippen LogP contribution in [0.5, 0.6) is 0 Å². The summed E-state index contributed by atoms with van der Waals surface area (Å²) in [7, 11) is 1.26. The maximum absolute atomic E-state index is 12.2. The molecule has 3 saturated heterocycles. The summed E-state index contributed by atoms with van der Waals surface area (Å²) >= 11 is 0. The first-order valence-corrected chi connectivity index (χ1v) is 13.9. The molecule has 3 amide bonds. The van der Waals surface area contributed by atoms with Gasteiger partial charge >= 0.3 is 0 Å². The molecule has 0 spiro atoms. The van der Waals surface area contributed by atoms with Gasteiger partial charge < -0.3 is 80.1 Å². The van der Waals surface area contributed by atoms with E-state index in [2.05, 4.69) is 16.0 Å². The summed E-state index contributed by atoms with van der Waals surface area (Å²) in [6.45, 7) is 1.21. The summed E-state index contributed by atoms with van der Waals surface area (Å²) in [6.07, 6.45) is -18.0. The molecule has 0 aliphatic carbocycles. The van der Waals surface area contributed by atoms with E-state index in [4.69, 9.17) is 28.4 Å². The summed E-state index contributed by atoms with van der Waals surface area (Å²) < 4.78 is 34.1. The van der Waals surface area contributed by atoms with Crippen molar-refractivity contribution in [2.45, 2.75) is 113 Å². The smallest absolute Gasteiger partial charge is 0.217 e. The van der Waals surface area contributed by atoms with Gasteiger partial charge in [0.05, 0.1) is 19.8 Å². The first kappa shape index (κ1) is 36.4. The van der Waals surface area contributed by atoms with Gasteiger partial charge in [0, 0.05) is 27.9 Å². The first-order chi connectivity index (χ1) is 20.8. The van der Waals surface area contributed by atoms with Gasteiger partial charge in [-0.25, -0.2) is 0 Å². The van der Waals surface area contributed by atoms with E-state index in [0.29, 0.717) is 0 Å². The molecule has 3 fully saturated rings. The van der Waals surface area contributed by atoms with Crippen molar-refractivity contribution in [2.24, 2.45) is 0 Å². The Morgan fingerprint density at radius 3 is 1.27 bits per heavy atom. The molecule has 0 aromatic carbocycles. The number of aliphatic hydroxyl groups is 7. The average molecular weight is 642 g/mol. The van der Waals surface area contributed by atoms with Gasteiger partial charge in [-0.15, -0.1) is 0 Å². The highest BCUT2D eigenvalue weighted by atomic mass is 16.7. The van der Waals surface area contributed by atoms with Crippen molar-refractivity contribution in [3.8, 4) is 0 Å². The largest absolute Gasteiger partial charge is 0.394 e. The number of carbonyl (C=O) groups excluding carboxylic acids is 3. The van der Waals surface area contributed by atoms with Gasteiger partial charge in [0.2, 0.25) is 17.7 Å². The fourth-order valence-corrected chi connectivity index (χ4v) is 5.46. The third kappa shape index (κ3) is 8.18. The predicted octanol–water partition coefficient (Wildman–Crippen LogP) is -6.49. The normalized spacial score (nSPS) is 42.8. The Bertz CT molecular complexity index is 978.